The summed E-state index contributed by atoms with van der Waals surface area (Å²) < 4.78 is 4.91. The molecule has 1 N–H and O–H groups in total. The zero-order valence-corrected chi connectivity index (χ0v) is 12.8. The minimum atomic E-state index is -0.824. The van der Waals surface area contributed by atoms with Crippen LogP contribution in [0, 0.1) is 5.92 Å². The van der Waals surface area contributed by atoms with Gasteiger partial charge < -0.3 is 10.1 Å². The van der Waals surface area contributed by atoms with E-state index >= 15 is 0 Å². The number of carbonyl (C=O) groups excluding carboxylic acids is 2. The summed E-state index contributed by atoms with van der Waals surface area (Å²) in [6.45, 7) is 2.18. The predicted molar refractivity (Wildman–Crippen MR) is 78.5 cm³/mol. The van der Waals surface area contributed by atoms with Crippen LogP contribution < -0.4 is 5.32 Å². The SMILES string of the molecule is COC(=O)C1(NC(=O)Cc2cccs2)CCC(C)CC1. The van der Waals surface area contributed by atoms with Crippen LogP contribution in [-0.2, 0) is 20.7 Å². The summed E-state index contributed by atoms with van der Waals surface area (Å²) in [6.07, 6.45) is 3.53. The summed E-state index contributed by atoms with van der Waals surface area (Å²) in [5.74, 6) is 0.179. The number of ether oxygens (including phenoxy) is 1. The van der Waals surface area contributed by atoms with Crippen LogP contribution in [0.25, 0.3) is 0 Å². The number of carbonyl (C=O) groups is 2. The van der Waals surface area contributed by atoms with Gasteiger partial charge in [0.15, 0.2) is 0 Å². The van der Waals surface area contributed by atoms with E-state index in [1.807, 2.05) is 17.5 Å². The molecule has 1 aliphatic rings. The Kier molecular flexibility index (Phi) is 4.81. The largest absolute Gasteiger partial charge is 0.467 e. The Bertz CT molecular complexity index is 461. The number of hydrogen-bond donors (Lipinski definition) is 1. The van der Waals surface area contributed by atoms with E-state index in [2.05, 4.69) is 12.2 Å². The van der Waals surface area contributed by atoms with Gasteiger partial charge in [-0.2, -0.15) is 0 Å². The van der Waals surface area contributed by atoms with E-state index in [4.69, 9.17) is 4.74 Å². The van der Waals surface area contributed by atoms with Crippen LogP contribution in [0.5, 0.6) is 0 Å². The molecular formula is C15H21NO3S. The van der Waals surface area contributed by atoms with Gasteiger partial charge >= 0.3 is 5.97 Å². The van der Waals surface area contributed by atoms with Crippen molar-refractivity contribution >= 4 is 23.2 Å². The highest BCUT2D eigenvalue weighted by Crippen LogP contribution is 2.33. The molecule has 1 aliphatic carbocycles. The first kappa shape index (κ1) is 15.0. The minimum Gasteiger partial charge on any atom is -0.467 e. The molecule has 0 aromatic carbocycles. The molecule has 1 saturated carbocycles. The first-order chi connectivity index (χ1) is 9.55. The van der Waals surface area contributed by atoms with Gasteiger partial charge in [-0.1, -0.05) is 13.0 Å². The van der Waals surface area contributed by atoms with Gasteiger partial charge in [-0.25, -0.2) is 4.79 Å². The lowest BCUT2D eigenvalue weighted by Crippen LogP contribution is -2.57. The quantitative estimate of drug-likeness (QED) is 0.868. The number of nitrogens with one attached hydrogen (secondary N) is 1. The van der Waals surface area contributed by atoms with Crippen molar-refractivity contribution in [3.63, 3.8) is 0 Å². The molecule has 5 heteroatoms. The van der Waals surface area contributed by atoms with Gasteiger partial charge in [0.1, 0.15) is 5.54 Å². The molecule has 1 fully saturated rings. The van der Waals surface area contributed by atoms with Gasteiger partial charge in [-0.15, -0.1) is 11.3 Å². The fraction of sp³-hybridized carbons (Fsp3) is 0.600. The first-order valence-corrected chi connectivity index (χ1v) is 7.85. The number of hydrogen-bond acceptors (Lipinski definition) is 4. The number of methoxy groups -OCH3 is 1. The Labute approximate surface area is 123 Å². The van der Waals surface area contributed by atoms with Gasteiger partial charge in [-0.3, -0.25) is 4.79 Å². The lowest BCUT2D eigenvalue weighted by Gasteiger charge is -2.37. The van der Waals surface area contributed by atoms with Crippen molar-refractivity contribution in [2.45, 2.75) is 44.6 Å². The topological polar surface area (TPSA) is 55.4 Å². The second-order valence-corrected chi connectivity index (χ2v) is 6.59. The van der Waals surface area contributed by atoms with Crippen molar-refractivity contribution in [1.82, 2.24) is 5.32 Å². The van der Waals surface area contributed by atoms with Crippen LogP contribution in [-0.4, -0.2) is 24.5 Å². The molecule has 0 radical (unpaired) electrons. The van der Waals surface area contributed by atoms with Gasteiger partial charge in [0.05, 0.1) is 13.5 Å². The fourth-order valence-electron chi connectivity index (χ4n) is 2.71. The Morgan fingerprint density at radius 1 is 1.45 bits per heavy atom. The molecule has 1 aromatic rings. The molecule has 0 spiro atoms. The summed E-state index contributed by atoms with van der Waals surface area (Å²) in [6, 6.07) is 3.85. The number of thiophene rings is 1. The molecule has 0 aliphatic heterocycles. The average molecular weight is 295 g/mol. The number of amides is 1. The van der Waals surface area contributed by atoms with Gasteiger partial charge in [-0.05, 0) is 43.0 Å². The molecular weight excluding hydrogens is 274 g/mol. The van der Waals surface area contributed by atoms with Crippen LogP contribution >= 0.6 is 11.3 Å². The van der Waals surface area contributed by atoms with Gasteiger partial charge in [0.2, 0.25) is 5.91 Å². The molecule has 110 valence electrons. The van der Waals surface area contributed by atoms with E-state index < -0.39 is 5.54 Å². The third-order valence-corrected chi connectivity index (χ3v) is 4.87. The van der Waals surface area contributed by atoms with Crippen molar-refractivity contribution in [1.29, 1.82) is 0 Å². The van der Waals surface area contributed by atoms with E-state index in [0.29, 0.717) is 25.2 Å². The third-order valence-electron chi connectivity index (χ3n) is 4.00. The summed E-state index contributed by atoms with van der Waals surface area (Å²) in [5.41, 5.74) is -0.824. The minimum absolute atomic E-state index is 0.104. The highest BCUT2D eigenvalue weighted by atomic mass is 32.1. The summed E-state index contributed by atoms with van der Waals surface area (Å²) in [7, 11) is 1.38. The Balaban J connectivity index is 2.04. The maximum atomic E-state index is 12.2. The molecule has 0 unspecified atom stereocenters. The zero-order chi connectivity index (χ0) is 14.6. The van der Waals surface area contributed by atoms with Crippen LogP contribution in [0.3, 0.4) is 0 Å². The fourth-order valence-corrected chi connectivity index (χ4v) is 3.42. The van der Waals surface area contributed by atoms with Crippen molar-refractivity contribution in [3.05, 3.63) is 22.4 Å². The van der Waals surface area contributed by atoms with E-state index in [-0.39, 0.29) is 11.9 Å². The predicted octanol–water partition coefficient (Wildman–Crippen LogP) is 2.53. The highest BCUT2D eigenvalue weighted by molar-refractivity contribution is 7.10. The molecule has 0 saturated heterocycles. The average Bonchev–Trinajstić information content (AvgIpc) is 2.93. The molecule has 1 heterocycles. The van der Waals surface area contributed by atoms with Crippen molar-refractivity contribution in [3.8, 4) is 0 Å². The van der Waals surface area contributed by atoms with Crippen molar-refractivity contribution in [2.24, 2.45) is 5.92 Å². The molecule has 0 atom stereocenters. The molecule has 1 aromatic heterocycles. The normalized spacial score (nSPS) is 26.0. The van der Waals surface area contributed by atoms with Crippen LogP contribution in [0.15, 0.2) is 17.5 Å². The van der Waals surface area contributed by atoms with E-state index in [0.717, 1.165) is 17.7 Å². The van der Waals surface area contributed by atoms with Crippen LogP contribution in [0.1, 0.15) is 37.5 Å². The lowest BCUT2D eigenvalue weighted by atomic mass is 9.77. The van der Waals surface area contributed by atoms with Gasteiger partial charge in [0, 0.05) is 4.88 Å². The van der Waals surface area contributed by atoms with E-state index in [1.165, 1.54) is 7.11 Å². The summed E-state index contributed by atoms with van der Waals surface area (Å²) in [5, 5.41) is 4.88. The Hall–Kier alpha value is -1.36. The standard InChI is InChI=1S/C15H21NO3S/c1-11-5-7-15(8-6-11,14(18)19-2)16-13(17)10-12-4-3-9-20-12/h3-4,9,11H,5-8,10H2,1-2H3,(H,16,17). The summed E-state index contributed by atoms with van der Waals surface area (Å²) >= 11 is 1.55. The lowest BCUT2D eigenvalue weighted by molar-refractivity contribution is -0.153. The zero-order valence-electron chi connectivity index (χ0n) is 12.0. The Morgan fingerprint density at radius 3 is 2.70 bits per heavy atom. The monoisotopic (exact) mass is 295 g/mol. The van der Waals surface area contributed by atoms with Crippen LogP contribution in [0.4, 0.5) is 0 Å². The maximum Gasteiger partial charge on any atom is 0.331 e. The van der Waals surface area contributed by atoms with Crippen molar-refractivity contribution < 1.29 is 14.3 Å². The molecule has 0 bridgehead atoms. The van der Waals surface area contributed by atoms with Crippen LogP contribution in [0.2, 0.25) is 0 Å². The third kappa shape index (κ3) is 3.39. The maximum absolute atomic E-state index is 12.2. The molecule has 2 rings (SSSR count). The second-order valence-electron chi connectivity index (χ2n) is 5.56. The molecule has 4 nitrogen and oxygen atoms in total. The number of esters is 1. The summed E-state index contributed by atoms with van der Waals surface area (Å²) in [4.78, 5) is 25.3. The Morgan fingerprint density at radius 2 is 2.15 bits per heavy atom. The smallest absolute Gasteiger partial charge is 0.331 e. The van der Waals surface area contributed by atoms with Gasteiger partial charge in [0.25, 0.3) is 0 Å². The first-order valence-electron chi connectivity index (χ1n) is 6.97. The van der Waals surface area contributed by atoms with Crippen molar-refractivity contribution in [2.75, 3.05) is 7.11 Å². The van der Waals surface area contributed by atoms with E-state index in [1.54, 1.807) is 11.3 Å². The second kappa shape index (κ2) is 6.39. The highest BCUT2D eigenvalue weighted by Gasteiger charge is 2.43. The number of rotatable bonds is 4. The molecule has 20 heavy (non-hydrogen) atoms. The van der Waals surface area contributed by atoms with E-state index in [9.17, 15) is 9.59 Å². The molecule has 1 amide bonds.